The molecule has 3 nitrogen and oxygen atoms in total. The molecule has 64 valence electrons. The van der Waals surface area contributed by atoms with E-state index in [9.17, 15) is 5.11 Å². The van der Waals surface area contributed by atoms with Gasteiger partial charge in [-0.15, -0.1) is 0 Å². The second kappa shape index (κ2) is 3.19. The lowest BCUT2D eigenvalue weighted by atomic mass is 9.81. The van der Waals surface area contributed by atoms with Crippen molar-refractivity contribution in [2.75, 3.05) is 0 Å². The second-order valence-electron chi connectivity index (χ2n) is 3.24. The molecule has 0 bridgehead atoms. The van der Waals surface area contributed by atoms with E-state index in [2.05, 4.69) is 9.97 Å². The van der Waals surface area contributed by atoms with Gasteiger partial charge >= 0.3 is 0 Å². The number of rotatable bonds is 2. The maximum atomic E-state index is 9.72. The summed E-state index contributed by atoms with van der Waals surface area (Å²) in [5, 5.41) is 9.72. The van der Waals surface area contributed by atoms with Crippen molar-refractivity contribution in [3.63, 3.8) is 0 Å². The maximum Gasteiger partial charge on any atom is 0.157 e. The fourth-order valence-electron chi connectivity index (χ4n) is 1.43. The smallest absolute Gasteiger partial charge is 0.157 e. The van der Waals surface area contributed by atoms with Crippen LogP contribution < -0.4 is 0 Å². The van der Waals surface area contributed by atoms with Gasteiger partial charge in [0.05, 0.1) is 0 Å². The molecule has 1 heterocycles. The molecule has 1 aliphatic carbocycles. The summed E-state index contributed by atoms with van der Waals surface area (Å²) >= 11 is 0. The topological polar surface area (TPSA) is 46.0 Å². The SMILES string of the molecule is OC(c1ncccn1)C1CCC1. The number of nitrogens with zero attached hydrogens (tertiary/aromatic N) is 2. The Hall–Kier alpha value is -0.960. The Labute approximate surface area is 71.5 Å². The molecule has 0 aromatic carbocycles. The van der Waals surface area contributed by atoms with E-state index in [0.717, 1.165) is 12.8 Å². The summed E-state index contributed by atoms with van der Waals surface area (Å²) in [5.41, 5.74) is 0. The van der Waals surface area contributed by atoms with Gasteiger partial charge in [0.2, 0.25) is 0 Å². The molecular weight excluding hydrogens is 152 g/mol. The summed E-state index contributed by atoms with van der Waals surface area (Å²) < 4.78 is 0. The van der Waals surface area contributed by atoms with E-state index in [0.29, 0.717) is 11.7 Å². The third-order valence-electron chi connectivity index (χ3n) is 2.45. The lowest BCUT2D eigenvalue weighted by Crippen LogP contribution is -2.21. The minimum Gasteiger partial charge on any atom is -0.385 e. The van der Waals surface area contributed by atoms with Gasteiger partial charge < -0.3 is 5.11 Å². The van der Waals surface area contributed by atoms with Crippen molar-refractivity contribution in [2.45, 2.75) is 25.4 Å². The second-order valence-corrected chi connectivity index (χ2v) is 3.24. The van der Waals surface area contributed by atoms with Crippen LogP contribution in [0.4, 0.5) is 0 Å². The predicted molar refractivity (Wildman–Crippen MR) is 44.3 cm³/mol. The van der Waals surface area contributed by atoms with E-state index < -0.39 is 6.10 Å². The van der Waals surface area contributed by atoms with Crippen LogP contribution >= 0.6 is 0 Å². The van der Waals surface area contributed by atoms with Crippen LogP contribution in [-0.2, 0) is 0 Å². The third kappa shape index (κ3) is 1.32. The number of aromatic nitrogens is 2. The van der Waals surface area contributed by atoms with E-state index in [1.165, 1.54) is 6.42 Å². The first kappa shape index (κ1) is 7.68. The summed E-state index contributed by atoms with van der Waals surface area (Å²) in [7, 11) is 0. The molecule has 2 rings (SSSR count). The number of aliphatic hydroxyl groups is 1. The van der Waals surface area contributed by atoms with E-state index in [1.54, 1.807) is 18.5 Å². The van der Waals surface area contributed by atoms with Crippen LogP contribution in [-0.4, -0.2) is 15.1 Å². The molecule has 1 atom stereocenters. The van der Waals surface area contributed by atoms with Crippen molar-refractivity contribution in [2.24, 2.45) is 5.92 Å². The first-order chi connectivity index (χ1) is 5.88. The molecule has 0 aliphatic heterocycles. The van der Waals surface area contributed by atoms with Gasteiger partial charge in [-0.25, -0.2) is 9.97 Å². The predicted octanol–water partition coefficient (Wildman–Crippen LogP) is 1.31. The van der Waals surface area contributed by atoms with E-state index >= 15 is 0 Å². The van der Waals surface area contributed by atoms with Crippen molar-refractivity contribution in [3.8, 4) is 0 Å². The molecule has 1 saturated carbocycles. The summed E-state index contributed by atoms with van der Waals surface area (Å²) in [5.74, 6) is 0.967. The zero-order chi connectivity index (χ0) is 8.39. The zero-order valence-corrected chi connectivity index (χ0v) is 6.85. The monoisotopic (exact) mass is 164 g/mol. The first-order valence-corrected chi connectivity index (χ1v) is 4.33. The zero-order valence-electron chi connectivity index (χ0n) is 6.85. The Morgan fingerprint density at radius 2 is 2.00 bits per heavy atom. The molecule has 1 fully saturated rings. The average molecular weight is 164 g/mol. The van der Waals surface area contributed by atoms with Crippen molar-refractivity contribution in [3.05, 3.63) is 24.3 Å². The van der Waals surface area contributed by atoms with Crippen LogP contribution in [0.5, 0.6) is 0 Å². The van der Waals surface area contributed by atoms with Crippen LogP contribution in [0, 0.1) is 5.92 Å². The van der Waals surface area contributed by atoms with E-state index in [4.69, 9.17) is 0 Å². The molecule has 0 radical (unpaired) electrons. The Bertz CT molecular complexity index is 246. The Morgan fingerprint density at radius 3 is 2.50 bits per heavy atom. The number of aliphatic hydroxyl groups excluding tert-OH is 1. The molecule has 1 aromatic rings. The van der Waals surface area contributed by atoms with Crippen molar-refractivity contribution >= 4 is 0 Å². The normalized spacial score (nSPS) is 20.1. The third-order valence-corrected chi connectivity index (χ3v) is 2.45. The molecule has 1 N–H and O–H groups in total. The lowest BCUT2D eigenvalue weighted by Gasteiger charge is -2.28. The van der Waals surface area contributed by atoms with Gasteiger partial charge in [-0.2, -0.15) is 0 Å². The summed E-state index contributed by atoms with van der Waals surface area (Å²) in [6, 6.07) is 1.76. The van der Waals surface area contributed by atoms with Crippen molar-refractivity contribution in [1.29, 1.82) is 0 Å². The lowest BCUT2D eigenvalue weighted by molar-refractivity contribution is 0.0549. The molecule has 1 unspecified atom stereocenters. The quantitative estimate of drug-likeness (QED) is 0.716. The molecule has 3 heteroatoms. The molecule has 1 aliphatic rings. The highest BCUT2D eigenvalue weighted by molar-refractivity contribution is 4.96. The Balaban J connectivity index is 2.08. The van der Waals surface area contributed by atoms with Crippen LogP contribution in [0.25, 0.3) is 0 Å². The largest absolute Gasteiger partial charge is 0.385 e. The van der Waals surface area contributed by atoms with Gasteiger partial charge in [0, 0.05) is 12.4 Å². The maximum absolute atomic E-state index is 9.72. The molecule has 0 spiro atoms. The van der Waals surface area contributed by atoms with Gasteiger partial charge in [0.1, 0.15) is 6.10 Å². The van der Waals surface area contributed by atoms with Gasteiger partial charge in [0.15, 0.2) is 5.82 Å². The van der Waals surface area contributed by atoms with Crippen molar-refractivity contribution < 1.29 is 5.11 Å². The van der Waals surface area contributed by atoms with Crippen LogP contribution in [0.1, 0.15) is 31.2 Å². The van der Waals surface area contributed by atoms with Gasteiger partial charge in [-0.3, -0.25) is 0 Å². The van der Waals surface area contributed by atoms with Gasteiger partial charge in [-0.1, -0.05) is 6.42 Å². The van der Waals surface area contributed by atoms with Crippen LogP contribution in [0.2, 0.25) is 0 Å². The highest BCUT2D eigenvalue weighted by Crippen LogP contribution is 2.35. The average Bonchev–Trinajstić information content (AvgIpc) is 2.03. The number of hydrogen-bond acceptors (Lipinski definition) is 3. The van der Waals surface area contributed by atoms with Crippen LogP contribution in [0.15, 0.2) is 18.5 Å². The highest BCUT2D eigenvalue weighted by Gasteiger charge is 2.28. The summed E-state index contributed by atoms with van der Waals surface area (Å²) in [4.78, 5) is 8.04. The minimum absolute atomic E-state index is 0.396. The molecule has 1 aromatic heterocycles. The van der Waals surface area contributed by atoms with Crippen molar-refractivity contribution in [1.82, 2.24) is 9.97 Å². The van der Waals surface area contributed by atoms with Crippen LogP contribution in [0.3, 0.4) is 0 Å². The molecule has 0 saturated heterocycles. The minimum atomic E-state index is -0.444. The summed E-state index contributed by atoms with van der Waals surface area (Å²) in [6.45, 7) is 0. The molecule has 12 heavy (non-hydrogen) atoms. The molecular formula is C9H12N2O. The fraction of sp³-hybridized carbons (Fsp3) is 0.556. The van der Waals surface area contributed by atoms with Gasteiger partial charge in [0.25, 0.3) is 0 Å². The Kier molecular flexibility index (Phi) is 2.04. The standard InChI is InChI=1S/C9H12N2O/c12-8(7-3-1-4-7)9-10-5-2-6-11-9/h2,5-8,12H,1,3-4H2. The summed E-state index contributed by atoms with van der Waals surface area (Å²) in [6.07, 6.45) is 6.35. The first-order valence-electron chi connectivity index (χ1n) is 4.33. The fourth-order valence-corrected chi connectivity index (χ4v) is 1.43. The highest BCUT2D eigenvalue weighted by atomic mass is 16.3. The Morgan fingerprint density at radius 1 is 1.33 bits per heavy atom. The number of hydrogen-bond donors (Lipinski definition) is 1. The van der Waals surface area contributed by atoms with E-state index in [1.807, 2.05) is 0 Å². The van der Waals surface area contributed by atoms with Gasteiger partial charge in [-0.05, 0) is 24.8 Å². The van der Waals surface area contributed by atoms with E-state index in [-0.39, 0.29) is 0 Å². The molecule has 0 amide bonds.